The number of imidazole rings is 1. The number of benzene rings is 2. The molecule has 2 aromatic heterocycles. The van der Waals surface area contributed by atoms with E-state index in [9.17, 15) is 4.39 Å². The number of fused-ring (bicyclic) bond motifs is 1. The third-order valence-corrected chi connectivity index (χ3v) is 4.00. The van der Waals surface area contributed by atoms with E-state index in [1.807, 2.05) is 43.3 Å². The summed E-state index contributed by atoms with van der Waals surface area (Å²) in [5.41, 5.74) is 5.36. The van der Waals surface area contributed by atoms with Crippen LogP contribution in [0.2, 0.25) is 0 Å². The molecular weight excluding hydrogens is 329 g/mol. The van der Waals surface area contributed by atoms with Crippen LogP contribution in [-0.2, 0) is 6.54 Å². The number of hydrogen-bond acceptors (Lipinski definition) is 4. The lowest BCUT2D eigenvalue weighted by Crippen LogP contribution is -2.01. The number of nitrogens with zero attached hydrogens (tertiary/aromatic N) is 2. The molecule has 0 unspecified atom stereocenters. The average molecular weight is 347 g/mol. The normalized spacial score (nSPS) is 10.8. The third-order valence-electron chi connectivity index (χ3n) is 4.00. The minimum atomic E-state index is -0.266. The fourth-order valence-corrected chi connectivity index (χ4v) is 2.80. The summed E-state index contributed by atoms with van der Waals surface area (Å²) in [5, 5.41) is 6.53. The van der Waals surface area contributed by atoms with Crippen molar-refractivity contribution in [3.05, 3.63) is 78.1 Å². The molecule has 26 heavy (non-hydrogen) atoms. The SMILES string of the molecule is Cc1cc(NCc2nc3ccc(Nc4cccc(F)c4)cc3[nH]2)ccn1. The maximum absolute atomic E-state index is 13.3. The van der Waals surface area contributed by atoms with Crippen molar-refractivity contribution < 1.29 is 4.39 Å². The van der Waals surface area contributed by atoms with Gasteiger partial charge in [0.1, 0.15) is 11.6 Å². The van der Waals surface area contributed by atoms with Crippen LogP contribution in [0, 0.1) is 12.7 Å². The first-order valence-electron chi connectivity index (χ1n) is 8.33. The van der Waals surface area contributed by atoms with Gasteiger partial charge in [-0.2, -0.15) is 0 Å². The van der Waals surface area contributed by atoms with Gasteiger partial charge < -0.3 is 15.6 Å². The smallest absolute Gasteiger partial charge is 0.126 e. The van der Waals surface area contributed by atoms with E-state index in [0.29, 0.717) is 12.2 Å². The van der Waals surface area contributed by atoms with Crippen LogP contribution in [0.4, 0.5) is 21.5 Å². The fraction of sp³-hybridized carbons (Fsp3) is 0.100. The van der Waals surface area contributed by atoms with Gasteiger partial charge in [0.2, 0.25) is 0 Å². The van der Waals surface area contributed by atoms with Gasteiger partial charge in [0.25, 0.3) is 0 Å². The molecule has 5 nitrogen and oxygen atoms in total. The number of nitrogens with one attached hydrogen (secondary N) is 3. The molecule has 4 rings (SSSR count). The monoisotopic (exact) mass is 347 g/mol. The van der Waals surface area contributed by atoms with Crippen molar-refractivity contribution in [2.45, 2.75) is 13.5 Å². The second-order valence-electron chi connectivity index (χ2n) is 6.09. The molecule has 0 saturated carbocycles. The highest BCUT2D eigenvalue weighted by Crippen LogP contribution is 2.22. The molecule has 0 aliphatic heterocycles. The standard InChI is InChI=1S/C20H18FN5/c1-13-9-15(7-8-22-13)23-12-20-25-18-6-5-17(11-19(18)26-20)24-16-4-2-3-14(21)10-16/h2-11,24H,12H2,1H3,(H,22,23)(H,25,26). The number of H-pyrrole nitrogens is 1. The van der Waals surface area contributed by atoms with Crippen LogP contribution in [-0.4, -0.2) is 15.0 Å². The molecule has 3 N–H and O–H groups in total. The molecular formula is C20H18FN5. The first-order valence-corrected chi connectivity index (χ1v) is 8.33. The number of halogens is 1. The van der Waals surface area contributed by atoms with E-state index in [4.69, 9.17) is 0 Å². The van der Waals surface area contributed by atoms with Crippen molar-refractivity contribution in [2.24, 2.45) is 0 Å². The van der Waals surface area contributed by atoms with E-state index in [-0.39, 0.29) is 5.82 Å². The first-order chi connectivity index (χ1) is 12.7. The Balaban J connectivity index is 1.50. The molecule has 0 saturated heterocycles. The predicted octanol–water partition coefficient (Wildman–Crippen LogP) is 4.76. The summed E-state index contributed by atoms with van der Waals surface area (Å²) in [4.78, 5) is 12.1. The molecule has 4 aromatic rings. The van der Waals surface area contributed by atoms with Crippen molar-refractivity contribution in [3.63, 3.8) is 0 Å². The van der Waals surface area contributed by atoms with Gasteiger partial charge in [-0.05, 0) is 55.5 Å². The van der Waals surface area contributed by atoms with Crippen LogP contribution in [0.25, 0.3) is 11.0 Å². The quantitative estimate of drug-likeness (QED) is 0.487. The van der Waals surface area contributed by atoms with Crippen LogP contribution in [0.3, 0.4) is 0 Å². The maximum Gasteiger partial charge on any atom is 0.126 e. The topological polar surface area (TPSA) is 65.6 Å². The van der Waals surface area contributed by atoms with Crippen molar-refractivity contribution in [2.75, 3.05) is 10.6 Å². The molecule has 0 radical (unpaired) electrons. The summed E-state index contributed by atoms with van der Waals surface area (Å²) in [5.74, 6) is 0.578. The predicted molar refractivity (Wildman–Crippen MR) is 102 cm³/mol. The van der Waals surface area contributed by atoms with Gasteiger partial charge in [-0.1, -0.05) is 6.07 Å². The highest BCUT2D eigenvalue weighted by Gasteiger charge is 2.05. The summed E-state index contributed by atoms with van der Waals surface area (Å²) in [6.07, 6.45) is 1.78. The molecule has 0 aliphatic rings. The molecule has 0 atom stereocenters. The lowest BCUT2D eigenvalue weighted by molar-refractivity contribution is 0.628. The van der Waals surface area contributed by atoms with Crippen LogP contribution in [0.15, 0.2) is 60.8 Å². The Morgan fingerprint density at radius 1 is 1.00 bits per heavy atom. The van der Waals surface area contributed by atoms with Crippen LogP contribution in [0.1, 0.15) is 11.5 Å². The van der Waals surface area contributed by atoms with E-state index in [1.54, 1.807) is 12.3 Å². The van der Waals surface area contributed by atoms with E-state index in [1.165, 1.54) is 12.1 Å². The van der Waals surface area contributed by atoms with Crippen molar-refractivity contribution >= 4 is 28.1 Å². The number of rotatable bonds is 5. The summed E-state index contributed by atoms with van der Waals surface area (Å²) in [6, 6.07) is 16.1. The largest absolute Gasteiger partial charge is 0.378 e. The van der Waals surface area contributed by atoms with Gasteiger partial charge in [0, 0.05) is 29.0 Å². The van der Waals surface area contributed by atoms with Gasteiger partial charge in [-0.15, -0.1) is 0 Å². The van der Waals surface area contributed by atoms with Crippen molar-refractivity contribution in [1.82, 2.24) is 15.0 Å². The lowest BCUT2D eigenvalue weighted by atomic mass is 10.2. The Hall–Kier alpha value is -3.41. The van der Waals surface area contributed by atoms with E-state index >= 15 is 0 Å². The van der Waals surface area contributed by atoms with Crippen molar-refractivity contribution in [3.8, 4) is 0 Å². The molecule has 6 heteroatoms. The summed E-state index contributed by atoms with van der Waals surface area (Å²) < 4.78 is 13.3. The average Bonchev–Trinajstić information content (AvgIpc) is 3.02. The third kappa shape index (κ3) is 3.64. The molecule has 0 fully saturated rings. The number of hydrogen-bond donors (Lipinski definition) is 3. The maximum atomic E-state index is 13.3. The second-order valence-corrected chi connectivity index (χ2v) is 6.09. The fourth-order valence-electron chi connectivity index (χ4n) is 2.80. The number of aryl methyl sites for hydroxylation is 1. The first kappa shape index (κ1) is 16.1. The molecule has 0 aliphatic carbocycles. The van der Waals surface area contributed by atoms with Gasteiger partial charge in [-0.3, -0.25) is 4.98 Å². The second kappa shape index (κ2) is 6.84. The zero-order valence-corrected chi connectivity index (χ0v) is 14.3. The Labute approximate surface area is 150 Å². The molecule has 130 valence electrons. The number of anilines is 3. The minimum Gasteiger partial charge on any atom is -0.378 e. The minimum absolute atomic E-state index is 0.266. The van der Waals surface area contributed by atoms with E-state index < -0.39 is 0 Å². The number of aromatic nitrogens is 3. The Morgan fingerprint density at radius 3 is 2.73 bits per heavy atom. The summed E-state index contributed by atoms with van der Waals surface area (Å²) >= 11 is 0. The molecule has 0 bridgehead atoms. The number of aromatic amines is 1. The van der Waals surface area contributed by atoms with Gasteiger partial charge in [0.05, 0.1) is 17.6 Å². The Bertz CT molecular complexity index is 1060. The Kier molecular flexibility index (Phi) is 4.23. The van der Waals surface area contributed by atoms with Gasteiger partial charge in [-0.25, -0.2) is 9.37 Å². The summed E-state index contributed by atoms with van der Waals surface area (Å²) in [7, 11) is 0. The highest BCUT2D eigenvalue weighted by atomic mass is 19.1. The zero-order valence-electron chi connectivity index (χ0n) is 14.3. The lowest BCUT2D eigenvalue weighted by Gasteiger charge is -2.06. The van der Waals surface area contributed by atoms with Crippen LogP contribution < -0.4 is 10.6 Å². The number of pyridine rings is 1. The molecule has 2 aromatic carbocycles. The van der Waals surface area contributed by atoms with Gasteiger partial charge >= 0.3 is 0 Å². The van der Waals surface area contributed by atoms with Gasteiger partial charge in [0.15, 0.2) is 0 Å². The zero-order chi connectivity index (χ0) is 17.9. The molecule has 0 amide bonds. The summed E-state index contributed by atoms with van der Waals surface area (Å²) in [6.45, 7) is 2.55. The van der Waals surface area contributed by atoms with E-state index in [0.717, 1.165) is 33.9 Å². The van der Waals surface area contributed by atoms with Crippen molar-refractivity contribution in [1.29, 1.82) is 0 Å². The molecule has 0 spiro atoms. The van der Waals surface area contributed by atoms with Crippen LogP contribution in [0.5, 0.6) is 0 Å². The van der Waals surface area contributed by atoms with Crippen LogP contribution >= 0.6 is 0 Å². The van der Waals surface area contributed by atoms with E-state index in [2.05, 4.69) is 25.6 Å². The molecule has 2 heterocycles. The Morgan fingerprint density at radius 2 is 1.88 bits per heavy atom. The highest BCUT2D eigenvalue weighted by molar-refractivity contribution is 5.80.